The van der Waals surface area contributed by atoms with Gasteiger partial charge in [-0.2, -0.15) is 0 Å². The van der Waals surface area contributed by atoms with Crippen LogP contribution in [0.3, 0.4) is 0 Å². The first-order chi connectivity index (χ1) is 8.70. The lowest BCUT2D eigenvalue weighted by molar-refractivity contribution is 0.131. The van der Waals surface area contributed by atoms with Crippen molar-refractivity contribution in [3.63, 3.8) is 0 Å². The molecule has 0 saturated heterocycles. The maximum absolute atomic E-state index is 8.52. The second-order valence-electron chi connectivity index (χ2n) is 3.54. The predicted molar refractivity (Wildman–Crippen MR) is 70.4 cm³/mol. The van der Waals surface area contributed by atoms with Crippen LogP contribution in [0.1, 0.15) is 18.6 Å². The normalized spacial score (nSPS) is 11.1. The number of pyridine rings is 1. The third-order valence-corrected chi connectivity index (χ3v) is 2.16. The summed E-state index contributed by atoms with van der Waals surface area (Å²) in [6.07, 6.45) is 3.20. The highest BCUT2D eigenvalue weighted by molar-refractivity contribution is 6.32. The molecule has 18 heavy (non-hydrogen) atoms. The van der Waals surface area contributed by atoms with Gasteiger partial charge < -0.3 is 14.7 Å². The van der Waals surface area contributed by atoms with Crippen LogP contribution in [0, 0.1) is 0 Å². The van der Waals surface area contributed by atoms with E-state index in [4.69, 9.17) is 14.7 Å². The zero-order valence-corrected chi connectivity index (χ0v) is 10.2. The van der Waals surface area contributed by atoms with Crippen LogP contribution >= 0.6 is 0 Å². The molecule has 1 unspecified atom stereocenters. The number of aromatic nitrogens is 1. The molecule has 94 valence electrons. The Hall–Kier alpha value is -1.69. The van der Waals surface area contributed by atoms with E-state index in [0.717, 1.165) is 5.56 Å². The number of hydrogen-bond acceptors (Lipinski definition) is 4. The summed E-state index contributed by atoms with van der Waals surface area (Å²) >= 11 is 0. The van der Waals surface area contributed by atoms with Gasteiger partial charge in [0.05, 0.1) is 6.10 Å². The molecule has 0 spiro atoms. The number of hydrogen-bond donors (Lipinski definition) is 2. The smallest absolute Gasteiger partial charge is 0.402 e. The molecular weight excluding hydrogens is 229 g/mol. The Labute approximate surface area is 107 Å². The van der Waals surface area contributed by atoms with Crippen molar-refractivity contribution < 1.29 is 14.7 Å². The van der Waals surface area contributed by atoms with Gasteiger partial charge >= 0.3 is 7.32 Å². The highest BCUT2D eigenvalue weighted by Gasteiger charge is 2.14. The highest BCUT2D eigenvalue weighted by atomic mass is 16.6. The molecule has 0 aliphatic rings. The minimum atomic E-state index is -1.71. The summed E-state index contributed by atoms with van der Waals surface area (Å²) in [6, 6.07) is 15.1. The van der Waals surface area contributed by atoms with Crippen molar-refractivity contribution in [2.45, 2.75) is 13.0 Å². The second-order valence-corrected chi connectivity index (χ2v) is 3.54. The Bertz CT molecular complexity index is 384. The van der Waals surface area contributed by atoms with E-state index in [1.54, 1.807) is 19.3 Å². The van der Waals surface area contributed by atoms with Gasteiger partial charge in [-0.05, 0) is 24.6 Å². The van der Waals surface area contributed by atoms with Gasteiger partial charge in [-0.1, -0.05) is 36.4 Å². The quantitative estimate of drug-likeness (QED) is 0.809. The third kappa shape index (κ3) is 6.15. The highest BCUT2D eigenvalue weighted by Crippen LogP contribution is 2.15. The van der Waals surface area contributed by atoms with Gasteiger partial charge in [0.25, 0.3) is 0 Å². The lowest BCUT2D eigenvalue weighted by Crippen LogP contribution is -2.19. The molecule has 2 aromatic rings. The molecule has 0 aliphatic heterocycles. The molecule has 1 aromatic carbocycles. The second kappa shape index (κ2) is 8.41. The van der Waals surface area contributed by atoms with Crippen molar-refractivity contribution in [2.24, 2.45) is 0 Å². The van der Waals surface area contributed by atoms with Crippen LogP contribution in [0.15, 0.2) is 60.9 Å². The Balaban J connectivity index is 0.000000225. The Morgan fingerprint density at radius 2 is 1.56 bits per heavy atom. The average molecular weight is 245 g/mol. The molecular formula is C13H16BNO3. The van der Waals surface area contributed by atoms with E-state index < -0.39 is 7.32 Å². The van der Waals surface area contributed by atoms with Crippen molar-refractivity contribution in [3.8, 4) is 0 Å². The van der Waals surface area contributed by atoms with Crippen molar-refractivity contribution in [1.29, 1.82) is 0 Å². The molecule has 1 heterocycles. The SMILES string of the molecule is CC(OB(O)O)c1ccccc1.c1ccncc1. The minimum absolute atomic E-state index is 0.300. The summed E-state index contributed by atoms with van der Waals surface area (Å²) in [6.45, 7) is 1.76. The lowest BCUT2D eigenvalue weighted by atomic mass is 10.1. The molecule has 2 N–H and O–H groups in total. The largest absolute Gasteiger partial charge is 0.634 e. The monoisotopic (exact) mass is 245 g/mol. The summed E-state index contributed by atoms with van der Waals surface area (Å²) in [5.74, 6) is 0. The summed E-state index contributed by atoms with van der Waals surface area (Å²) in [7, 11) is -1.71. The van der Waals surface area contributed by atoms with Gasteiger partial charge in [0.15, 0.2) is 0 Å². The van der Waals surface area contributed by atoms with E-state index in [0.29, 0.717) is 0 Å². The van der Waals surface area contributed by atoms with E-state index in [1.807, 2.05) is 48.5 Å². The molecule has 0 radical (unpaired) electrons. The summed E-state index contributed by atoms with van der Waals surface area (Å²) in [4.78, 5) is 3.78. The number of nitrogens with zero attached hydrogens (tertiary/aromatic N) is 1. The Morgan fingerprint density at radius 3 is 1.94 bits per heavy atom. The van der Waals surface area contributed by atoms with Gasteiger partial charge in [-0.25, -0.2) is 0 Å². The molecule has 5 heteroatoms. The van der Waals surface area contributed by atoms with Crippen LogP contribution in [0.4, 0.5) is 0 Å². The molecule has 0 amide bonds. The van der Waals surface area contributed by atoms with Gasteiger partial charge in [0, 0.05) is 12.4 Å². The van der Waals surface area contributed by atoms with Crippen LogP contribution in [0.2, 0.25) is 0 Å². The molecule has 1 aromatic heterocycles. The van der Waals surface area contributed by atoms with Crippen LogP contribution in [0.25, 0.3) is 0 Å². The van der Waals surface area contributed by atoms with Gasteiger partial charge in [0.2, 0.25) is 0 Å². The minimum Gasteiger partial charge on any atom is -0.402 e. The maximum Gasteiger partial charge on any atom is 0.634 e. The fourth-order valence-electron chi connectivity index (χ4n) is 1.30. The van der Waals surface area contributed by atoms with E-state index in [1.165, 1.54) is 0 Å². The number of benzene rings is 1. The fraction of sp³-hybridized carbons (Fsp3) is 0.154. The Kier molecular flexibility index (Phi) is 6.72. The molecule has 0 bridgehead atoms. The van der Waals surface area contributed by atoms with Crippen LogP contribution in [-0.4, -0.2) is 22.4 Å². The molecule has 0 saturated carbocycles. The first-order valence-electron chi connectivity index (χ1n) is 5.61. The molecule has 1 atom stereocenters. The fourth-order valence-corrected chi connectivity index (χ4v) is 1.30. The van der Waals surface area contributed by atoms with Gasteiger partial charge in [-0.15, -0.1) is 0 Å². The van der Waals surface area contributed by atoms with Gasteiger partial charge in [0.1, 0.15) is 0 Å². The van der Waals surface area contributed by atoms with Crippen LogP contribution in [-0.2, 0) is 4.65 Å². The Morgan fingerprint density at radius 1 is 1.00 bits per heavy atom. The summed E-state index contributed by atoms with van der Waals surface area (Å²) < 4.78 is 4.75. The van der Waals surface area contributed by atoms with Crippen molar-refractivity contribution >= 4 is 7.32 Å². The van der Waals surface area contributed by atoms with E-state index in [9.17, 15) is 0 Å². The molecule has 0 aliphatic carbocycles. The first kappa shape index (κ1) is 14.4. The first-order valence-corrected chi connectivity index (χ1v) is 5.61. The van der Waals surface area contributed by atoms with E-state index in [2.05, 4.69) is 4.98 Å². The van der Waals surface area contributed by atoms with E-state index >= 15 is 0 Å². The summed E-state index contributed by atoms with van der Waals surface area (Å²) in [5.41, 5.74) is 0.922. The van der Waals surface area contributed by atoms with Crippen molar-refractivity contribution in [3.05, 3.63) is 66.5 Å². The molecule has 0 fully saturated rings. The van der Waals surface area contributed by atoms with Crippen molar-refractivity contribution in [1.82, 2.24) is 4.98 Å². The zero-order chi connectivity index (χ0) is 13.2. The topological polar surface area (TPSA) is 62.6 Å². The maximum atomic E-state index is 8.52. The molecule has 2 rings (SSSR count). The summed E-state index contributed by atoms with van der Waals surface area (Å²) in [5, 5.41) is 17.0. The van der Waals surface area contributed by atoms with Crippen molar-refractivity contribution in [2.75, 3.05) is 0 Å². The zero-order valence-electron chi connectivity index (χ0n) is 10.2. The van der Waals surface area contributed by atoms with Gasteiger partial charge in [-0.3, -0.25) is 4.98 Å². The third-order valence-electron chi connectivity index (χ3n) is 2.16. The average Bonchev–Trinajstić information content (AvgIpc) is 2.42. The molecule has 4 nitrogen and oxygen atoms in total. The van der Waals surface area contributed by atoms with Crippen LogP contribution in [0.5, 0.6) is 0 Å². The predicted octanol–water partition coefficient (Wildman–Crippen LogP) is 1.82. The standard InChI is InChI=1S/C8H11BO3.C5H5N/c1-7(12-9(10)11)8-5-3-2-4-6-8;1-2-4-6-5-3-1/h2-7,10-11H,1H3;1-5H. The lowest BCUT2D eigenvalue weighted by Gasteiger charge is -2.11. The number of rotatable bonds is 3. The van der Waals surface area contributed by atoms with Crippen LogP contribution < -0.4 is 0 Å². The van der Waals surface area contributed by atoms with E-state index in [-0.39, 0.29) is 6.10 Å².